The van der Waals surface area contributed by atoms with Crippen molar-refractivity contribution in [2.24, 2.45) is 0 Å². The number of amides is 1. The molecule has 0 radical (unpaired) electrons. The minimum Gasteiger partial charge on any atom is -0.322 e. The molecule has 1 N–H and O–H groups in total. The minimum atomic E-state index is -2.44. The number of hydrogen-bond acceptors (Lipinski definition) is 2. The van der Waals surface area contributed by atoms with Crippen molar-refractivity contribution in [2.75, 3.05) is 5.32 Å². The molecule has 0 aromatic heterocycles. The average Bonchev–Trinajstić information content (AvgIpc) is 2.40. The van der Waals surface area contributed by atoms with Gasteiger partial charge in [0.25, 0.3) is 11.7 Å². The average molecular weight is 293 g/mol. The molecule has 5 heteroatoms. The van der Waals surface area contributed by atoms with Gasteiger partial charge < -0.3 is 5.32 Å². The molecule has 0 spiro atoms. The third kappa shape index (κ3) is 4.06. The van der Waals surface area contributed by atoms with E-state index in [2.05, 4.69) is 5.32 Å². The van der Waals surface area contributed by atoms with Crippen LogP contribution in [0.15, 0.2) is 53.4 Å². The third-order valence-electron chi connectivity index (χ3n) is 2.62. The number of nitrogens with one attached hydrogen (secondary N) is 1. The molecule has 0 saturated carbocycles. The van der Waals surface area contributed by atoms with Gasteiger partial charge in [-0.2, -0.15) is 8.78 Å². The summed E-state index contributed by atoms with van der Waals surface area (Å²) in [4.78, 5) is 12.5. The Labute approximate surface area is 120 Å². The van der Waals surface area contributed by atoms with Gasteiger partial charge >= 0.3 is 0 Å². The number of rotatable bonds is 4. The van der Waals surface area contributed by atoms with E-state index in [1.54, 1.807) is 36.4 Å². The molecule has 2 aromatic carbocycles. The normalized spacial score (nSPS) is 10.6. The lowest BCUT2D eigenvalue weighted by atomic mass is 10.1. The highest BCUT2D eigenvalue weighted by Gasteiger charge is 2.07. The Kier molecular flexibility index (Phi) is 4.74. The number of alkyl halides is 2. The maximum Gasteiger partial charge on any atom is 0.288 e. The fourth-order valence-corrected chi connectivity index (χ4v) is 2.21. The molecule has 0 unspecified atom stereocenters. The highest BCUT2D eigenvalue weighted by Crippen LogP contribution is 2.26. The zero-order valence-electron chi connectivity index (χ0n) is 10.8. The molecule has 1 amide bonds. The summed E-state index contributed by atoms with van der Waals surface area (Å²) in [5, 5.41) is 2.73. The van der Waals surface area contributed by atoms with E-state index < -0.39 is 5.76 Å². The van der Waals surface area contributed by atoms with Crippen molar-refractivity contribution in [3.63, 3.8) is 0 Å². The van der Waals surface area contributed by atoms with Crippen LogP contribution in [0, 0.1) is 6.92 Å². The summed E-state index contributed by atoms with van der Waals surface area (Å²) in [6.45, 7) is 1.91. The molecular weight excluding hydrogens is 280 g/mol. The van der Waals surface area contributed by atoms with Crippen LogP contribution < -0.4 is 5.32 Å². The van der Waals surface area contributed by atoms with Crippen LogP contribution >= 0.6 is 11.8 Å². The molecule has 0 atom stereocenters. The Morgan fingerprint density at radius 3 is 2.45 bits per heavy atom. The summed E-state index contributed by atoms with van der Waals surface area (Å²) in [6, 6.07) is 13.6. The molecule has 0 saturated heterocycles. The van der Waals surface area contributed by atoms with Crippen molar-refractivity contribution in [3.05, 3.63) is 59.7 Å². The second-order valence-electron chi connectivity index (χ2n) is 4.23. The van der Waals surface area contributed by atoms with E-state index in [9.17, 15) is 13.6 Å². The van der Waals surface area contributed by atoms with Crippen molar-refractivity contribution < 1.29 is 13.6 Å². The monoisotopic (exact) mass is 293 g/mol. The molecule has 0 aliphatic carbocycles. The van der Waals surface area contributed by atoms with E-state index in [1.165, 1.54) is 0 Å². The smallest absolute Gasteiger partial charge is 0.288 e. The zero-order chi connectivity index (χ0) is 14.5. The topological polar surface area (TPSA) is 29.1 Å². The maximum atomic E-state index is 12.2. The van der Waals surface area contributed by atoms with Crippen LogP contribution in [-0.2, 0) is 0 Å². The van der Waals surface area contributed by atoms with Crippen molar-refractivity contribution in [3.8, 4) is 0 Å². The van der Waals surface area contributed by atoms with Crippen molar-refractivity contribution in [1.29, 1.82) is 0 Å². The summed E-state index contributed by atoms with van der Waals surface area (Å²) >= 11 is 0.478. The predicted octanol–water partition coefficient (Wildman–Crippen LogP) is 4.56. The number of thioether (sulfide) groups is 1. The highest BCUT2D eigenvalue weighted by atomic mass is 32.2. The minimum absolute atomic E-state index is 0.219. The third-order valence-corrected chi connectivity index (χ3v) is 3.34. The first-order chi connectivity index (χ1) is 9.54. The lowest BCUT2D eigenvalue weighted by Crippen LogP contribution is -2.11. The predicted molar refractivity (Wildman–Crippen MR) is 77.4 cm³/mol. The van der Waals surface area contributed by atoms with Crippen LogP contribution in [0.1, 0.15) is 15.9 Å². The Bertz CT molecular complexity index is 599. The van der Waals surface area contributed by atoms with Crippen molar-refractivity contribution >= 4 is 23.4 Å². The number of carbonyl (C=O) groups excluding carboxylic acids is 1. The van der Waals surface area contributed by atoms with Gasteiger partial charge in [-0.1, -0.05) is 29.5 Å². The lowest BCUT2D eigenvalue weighted by molar-refractivity contribution is 0.102. The van der Waals surface area contributed by atoms with Crippen molar-refractivity contribution in [2.45, 2.75) is 17.6 Å². The van der Waals surface area contributed by atoms with E-state index in [0.717, 1.165) is 5.56 Å². The quantitative estimate of drug-likeness (QED) is 0.837. The Morgan fingerprint density at radius 1 is 1.15 bits per heavy atom. The van der Waals surface area contributed by atoms with E-state index in [-0.39, 0.29) is 5.91 Å². The summed E-state index contributed by atoms with van der Waals surface area (Å²) in [7, 11) is 0. The Balaban J connectivity index is 2.04. The van der Waals surface area contributed by atoms with E-state index in [1.807, 2.05) is 19.1 Å². The van der Waals surface area contributed by atoms with Gasteiger partial charge in [-0.3, -0.25) is 4.79 Å². The van der Waals surface area contributed by atoms with Gasteiger partial charge in [-0.15, -0.1) is 0 Å². The first-order valence-electron chi connectivity index (χ1n) is 5.97. The van der Waals surface area contributed by atoms with Crippen LogP contribution in [0.5, 0.6) is 0 Å². The molecule has 104 valence electrons. The second-order valence-corrected chi connectivity index (χ2v) is 5.29. The highest BCUT2D eigenvalue weighted by molar-refractivity contribution is 7.99. The molecular formula is C15H13F2NOS. The fourth-order valence-electron chi connectivity index (χ4n) is 1.71. The van der Waals surface area contributed by atoms with E-state index >= 15 is 0 Å². The molecule has 2 nitrogen and oxygen atoms in total. The Hall–Kier alpha value is -1.88. The zero-order valence-corrected chi connectivity index (χ0v) is 11.6. The van der Waals surface area contributed by atoms with Gasteiger partial charge in [0.2, 0.25) is 0 Å². The summed E-state index contributed by atoms with van der Waals surface area (Å²) in [5.74, 6) is -2.66. The fraction of sp³-hybridized carbons (Fsp3) is 0.133. The largest absolute Gasteiger partial charge is 0.322 e. The molecule has 2 rings (SSSR count). The van der Waals surface area contributed by atoms with E-state index in [0.29, 0.717) is 27.9 Å². The second kappa shape index (κ2) is 6.52. The molecule has 0 aliphatic rings. The van der Waals surface area contributed by atoms with Crippen LogP contribution in [0.3, 0.4) is 0 Å². The number of aryl methyl sites for hydroxylation is 1. The maximum absolute atomic E-state index is 12.2. The SMILES string of the molecule is Cc1cccc(C(=O)Nc2ccc(SC(F)F)cc2)c1. The van der Waals surface area contributed by atoms with E-state index in [4.69, 9.17) is 0 Å². The van der Waals surface area contributed by atoms with Crippen LogP contribution in [-0.4, -0.2) is 11.7 Å². The molecule has 0 aliphatic heterocycles. The first kappa shape index (κ1) is 14.5. The van der Waals surface area contributed by atoms with Gasteiger partial charge in [-0.25, -0.2) is 0 Å². The molecule has 2 aromatic rings. The van der Waals surface area contributed by atoms with Crippen LogP contribution in [0.4, 0.5) is 14.5 Å². The number of benzene rings is 2. The van der Waals surface area contributed by atoms with Gasteiger partial charge in [-0.05, 0) is 43.3 Å². The standard InChI is InChI=1S/C15H13F2NOS/c1-10-3-2-4-11(9-10)14(19)18-12-5-7-13(8-6-12)20-15(16)17/h2-9,15H,1H3,(H,18,19). The van der Waals surface area contributed by atoms with Crippen LogP contribution in [0.25, 0.3) is 0 Å². The summed E-state index contributed by atoms with van der Waals surface area (Å²) < 4.78 is 24.4. The van der Waals surface area contributed by atoms with Crippen molar-refractivity contribution in [1.82, 2.24) is 0 Å². The number of halogens is 2. The summed E-state index contributed by atoms with van der Waals surface area (Å²) in [5.41, 5.74) is 2.15. The number of anilines is 1. The summed E-state index contributed by atoms with van der Waals surface area (Å²) in [6.07, 6.45) is 0. The number of hydrogen-bond donors (Lipinski definition) is 1. The molecule has 0 fully saturated rings. The molecule has 0 bridgehead atoms. The Morgan fingerprint density at radius 2 is 1.85 bits per heavy atom. The van der Waals surface area contributed by atoms with Crippen LogP contribution in [0.2, 0.25) is 0 Å². The van der Waals surface area contributed by atoms with Gasteiger partial charge in [0, 0.05) is 16.1 Å². The van der Waals surface area contributed by atoms with Gasteiger partial charge in [0.1, 0.15) is 0 Å². The molecule has 0 heterocycles. The first-order valence-corrected chi connectivity index (χ1v) is 6.85. The molecule has 20 heavy (non-hydrogen) atoms. The lowest BCUT2D eigenvalue weighted by Gasteiger charge is -2.07. The van der Waals surface area contributed by atoms with Gasteiger partial charge in [0.15, 0.2) is 0 Å². The number of carbonyl (C=O) groups is 1. The van der Waals surface area contributed by atoms with Gasteiger partial charge in [0.05, 0.1) is 0 Å².